The number of rotatable bonds is 6. The fraction of sp³-hybridized carbons (Fsp3) is 0.625. The molecule has 0 saturated heterocycles. The Bertz CT molecular complexity index is 466. The van der Waals surface area contributed by atoms with Crippen LogP contribution in [0.3, 0.4) is 0 Å². The molecule has 3 heteroatoms. The molecule has 1 aromatic rings. The van der Waals surface area contributed by atoms with Crippen LogP contribution in [0.2, 0.25) is 0 Å². The van der Waals surface area contributed by atoms with Crippen LogP contribution in [-0.2, 0) is 0 Å². The van der Waals surface area contributed by atoms with Crippen molar-refractivity contribution in [1.82, 2.24) is 5.32 Å². The maximum atomic E-state index is 14.0. The molecule has 2 saturated carbocycles. The summed E-state index contributed by atoms with van der Waals surface area (Å²) >= 11 is 0. The Kier molecular flexibility index (Phi) is 3.25. The Balaban J connectivity index is 1.68. The molecule has 2 aliphatic rings. The van der Waals surface area contributed by atoms with Crippen LogP contribution in [0.15, 0.2) is 18.2 Å². The van der Waals surface area contributed by atoms with E-state index in [2.05, 4.69) is 5.32 Å². The van der Waals surface area contributed by atoms with E-state index in [1.807, 2.05) is 13.0 Å². The molecule has 0 aliphatic heterocycles. The van der Waals surface area contributed by atoms with Crippen LogP contribution in [0.4, 0.5) is 4.39 Å². The third-order valence-corrected chi connectivity index (χ3v) is 4.76. The van der Waals surface area contributed by atoms with Crippen molar-refractivity contribution in [1.29, 1.82) is 0 Å². The van der Waals surface area contributed by atoms with Gasteiger partial charge in [-0.1, -0.05) is 6.07 Å². The zero-order valence-electron chi connectivity index (χ0n) is 11.7. The number of methoxy groups -OCH3 is 1. The number of halogens is 1. The third-order valence-electron chi connectivity index (χ3n) is 4.76. The van der Waals surface area contributed by atoms with Crippen molar-refractivity contribution in [2.45, 2.75) is 38.6 Å². The molecule has 0 spiro atoms. The fourth-order valence-electron chi connectivity index (χ4n) is 3.16. The molecule has 2 nitrogen and oxygen atoms in total. The van der Waals surface area contributed by atoms with Gasteiger partial charge in [0.2, 0.25) is 0 Å². The van der Waals surface area contributed by atoms with E-state index < -0.39 is 0 Å². The molecule has 1 atom stereocenters. The molecule has 1 N–H and O–H groups in total. The molecule has 1 aromatic carbocycles. The molecule has 1 unspecified atom stereocenters. The molecule has 0 bridgehead atoms. The molecule has 19 heavy (non-hydrogen) atoms. The zero-order valence-corrected chi connectivity index (χ0v) is 11.7. The average Bonchev–Trinajstić information content (AvgIpc) is 3.28. The lowest BCUT2D eigenvalue weighted by atomic mass is 9.99. The van der Waals surface area contributed by atoms with Gasteiger partial charge in [0, 0.05) is 18.2 Å². The van der Waals surface area contributed by atoms with Crippen LogP contribution in [0.25, 0.3) is 0 Å². The van der Waals surface area contributed by atoms with Gasteiger partial charge in [-0.05, 0) is 56.1 Å². The van der Waals surface area contributed by atoms with Crippen LogP contribution in [0.1, 0.15) is 44.2 Å². The first kappa shape index (κ1) is 12.9. The highest BCUT2D eigenvalue weighted by Gasteiger charge is 2.53. The van der Waals surface area contributed by atoms with E-state index in [1.54, 1.807) is 13.2 Å². The highest BCUT2D eigenvalue weighted by atomic mass is 19.1. The first-order chi connectivity index (χ1) is 9.16. The van der Waals surface area contributed by atoms with Gasteiger partial charge in [0.05, 0.1) is 7.11 Å². The van der Waals surface area contributed by atoms with Gasteiger partial charge in [-0.15, -0.1) is 0 Å². The van der Waals surface area contributed by atoms with Gasteiger partial charge in [0.25, 0.3) is 0 Å². The molecule has 0 aromatic heterocycles. The first-order valence-corrected chi connectivity index (χ1v) is 7.22. The van der Waals surface area contributed by atoms with Crippen molar-refractivity contribution in [3.63, 3.8) is 0 Å². The van der Waals surface area contributed by atoms with Crippen molar-refractivity contribution in [2.24, 2.45) is 11.3 Å². The predicted octanol–water partition coefficient (Wildman–Crippen LogP) is 3.68. The monoisotopic (exact) mass is 263 g/mol. The van der Waals surface area contributed by atoms with E-state index in [1.165, 1.54) is 31.7 Å². The van der Waals surface area contributed by atoms with Crippen LogP contribution in [0.5, 0.6) is 5.75 Å². The molecular formula is C16H22FNO. The molecule has 2 fully saturated rings. The Labute approximate surface area is 114 Å². The number of hydrogen-bond donors (Lipinski definition) is 1. The molecule has 104 valence electrons. The normalized spacial score (nSPS) is 22.1. The summed E-state index contributed by atoms with van der Waals surface area (Å²) in [6, 6.07) is 5.01. The van der Waals surface area contributed by atoms with Crippen LogP contribution < -0.4 is 10.1 Å². The van der Waals surface area contributed by atoms with Gasteiger partial charge < -0.3 is 10.1 Å². The second-order valence-corrected chi connectivity index (χ2v) is 6.10. The molecule has 0 radical (unpaired) electrons. The van der Waals surface area contributed by atoms with Gasteiger partial charge in [0.1, 0.15) is 11.6 Å². The van der Waals surface area contributed by atoms with Crippen molar-refractivity contribution in [3.05, 3.63) is 29.6 Å². The summed E-state index contributed by atoms with van der Waals surface area (Å²) in [5.74, 6) is 1.38. The number of benzene rings is 1. The minimum atomic E-state index is -0.185. The van der Waals surface area contributed by atoms with Crippen molar-refractivity contribution >= 4 is 0 Å². The summed E-state index contributed by atoms with van der Waals surface area (Å²) in [4.78, 5) is 0. The van der Waals surface area contributed by atoms with E-state index in [9.17, 15) is 4.39 Å². The zero-order chi connectivity index (χ0) is 13.5. The van der Waals surface area contributed by atoms with Gasteiger partial charge >= 0.3 is 0 Å². The maximum absolute atomic E-state index is 14.0. The average molecular weight is 263 g/mol. The van der Waals surface area contributed by atoms with Crippen LogP contribution in [0, 0.1) is 17.2 Å². The molecule has 0 heterocycles. The van der Waals surface area contributed by atoms with Crippen molar-refractivity contribution in [3.8, 4) is 5.75 Å². The fourth-order valence-corrected chi connectivity index (χ4v) is 3.16. The van der Waals surface area contributed by atoms with Crippen LogP contribution >= 0.6 is 0 Å². The summed E-state index contributed by atoms with van der Waals surface area (Å²) in [6.45, 7) is 3.03. The largest absolute Gasteiger partial charge is 0.496 e. The van der Waals surface area contributed by atoms with Gasteiger partial charge in [-0.2, -0.15) is 0 Å². The van der Waals surface area contributed by atoms with Crippen LogP contribution in [-0.4, -0.2) is 13.7 Å². The number of nitrogens with one attached hydrogen (secondary N) is 1. The predicted molar refractivity (Wildman–Crippen MR) is 73.8 cm³/mol. The summed E-state index contributed by atoms with van der Waals surface area (Å²) in [5.41, 5.74) is 1.18. The van der Waals surface area contributed by atoms with Gasteiger partial charge in [-0.3, -0.25) is 0 Å². The van der Waals surface area contributed by atoms with Crippen molar-refractivity contribution < 1.29 is 9.13 Å². The lowest BCUT2D eigenvalue weighted by Crippen LogP contribution is -2.28. The third kappa shape index (κ3) is 2.48. The Morgan fingerprint density at radius 2 is 2.16 bits per heavy atom. The lowest BCUT2D eigenvalue weighted by Gasteiger charge is -2.22. The van der Waals surface area contributed by atoms with E-state index >= 15 is 0 Å². The minimum Gasteiger partial charge on any atom is -0.496 e. The maximum Gasteiger partial charge on any atom is 0.131 e. The molecule has 0 amide bonds. The lowest BCUT2D eigenvalue weighted by molar-refractivity contribution is 0.362. The molecule has 2 aliphatic carbocycles. The highest BCUT2D eigenvalue weighted by molar-refractivity contribution is 5.37. The second kappa shape index (κ2) is 4.78. The first-order valence-electron chi connectivity index (χ1n) is 7.22. The topological polar surface area (TPSA) is 21.3 Å². The summed E-state index contributed by atoms with van der Waals surface area (Å²) in [6.07, 6.45) is 5.45. The van der Waals surface area contributed by atoms with Gasteiger partial charge in [0.15, 0.2) is 0 Å². The van der Waals surface area contributed by atoms with E-state index in [0.717, 1.165) is 12.5 Å². The standard InChI is InChI=1S/C16H22FNO/c1-11(15-13(17)4-3-5-14(15)19-2)18-10-16(8-9-16)12-6-7-12/h3-5,11-12,18H,6-10H2,1-2H3. The summed E-state index contributed by atoms with van der Waals surface area (Å²) < 4.78 is 19.2. The molecule has 3 rings (SSSR count). The summed E-state index contributed by atoms with van der Waals surface area (Å²) in [7, 11) is 1.59. The SMILES string of the molecule is COc1cccc(F)c1C(C)NCC1(C2CC2)CC1. The summed E-state index contributed by atoms with van der Waals surface area (Å²) in [5, 5.41) is 3.52. The Morgan fingerprint density at radius 1 is 1.42 bits per heavy atom. The van der Waals surface area contributed by atoms with E-state index in [-0.39, 0.29) is 11.9 Å². The molecular weight excluding hydrogens is 241 g/mol. The highest BCUT2D eigenvalue weighted by Crippen LogP contribution is 2.61. The second-order valence-electron chi connectivity index (χ2n) is 6.10. The van der Waals surface area contributed by atoms with Gasteiger partial charge in [-0.25, -0.2) is 4.39 Å². The minimum absolute atomic E-state index is 0.00706. The number of ether oxygens (including phenoxy) is 1. The van der Waals surface area contributed by atoms with E-state index in [4.69, 9.17) is 4.74 Å². The Morgan fingerprint density at radius 3 is 2.74 bits per heavy atom. The van der Waals surface area contributed by atoms with E-state index in [0.29, 0.717) is 16.7 Å². The quantitative estimate of drug-likeness (QED) is 0.845. The Hall–Kier alpha value is -1.09. The van der Waals surface area contributed by atoms with Crippen molar-refractivity contribution in [2.75, 3.05) is 13.7 Å². The number of hydrogen-bond acceptors (Lipinski definition) is 2. The smallest absolute Gasteiger partial charge is 0.131 e.